The molecule has 3 nitrogen and oxygen atoms in total. The molecule has 0 bridgehead atoms. The SMILES string of the molecule is NN[C@H](c1ccc(F)cc1)c1cc2ccccc2o1. The molecule has 3 rings (SSSR count). The molecule has 0 aliphatic carbocycles. The van der Waals surface area contributed by atoms with Crippen LogP contribution in [0.3, 0.4) is 0 Å². The van der Waals surface area contributed by atoms with Gasteiger partial charge in [-0.2, -0.15) is 0 Å². The third kappa shape index (κ3) is 2.23. The molecule has 2 aromatic carbocycles. The molecule has 3 aromatic rings. The number of furan rings is 1. The average molecular weight is 256 g/mol. The van der Waals surface area contributed by atoms with E-state index >= 15 is 0 Å². The summed E-state index contributed by atoms with van der Waals surface area (Å²) in [4.78, 5) is 0. The zero-order chi connectivity index (χ0) is 13.2. The lowest BCUT2D eigenvalue weighted by Gasteiger charge is -2.13. The number of para-hydroxylation sites is 1. The largest absolute Gasteiger partial charge is 0.459 e. The van der Waals surface area contributed by atoms with E-state index in [0.717, 1.165) is 16.5 Å². The van der Waals surface area contributed by atoms with Gasteiger partial charge in [-0.15, -0.1) is 0 Å². The second-order valence-corrected chi connectivity index (χ2v) is 4.34. The summed E-state index contributed by atoms with van der Waals surface area (Å²) in [6.07, 6.45) is 0. The predicted molar refractivity (Wildman–Crippen MR) is 71.8 cm³/mol. The van der Waals surface area contributed by atoms with Gasteiger partial charge in [0.1, 0.15) is 23.2 Å². The van der Waals surface area contributed by atoms with E-state index in [9.17, 15) is 4.39 Å². The summed E-state index contributed by atoms with van der Waals surface area (Å²) in [5, 5.41) is 1.01. The van der Waals surface area contributed by atoms with Gasteiger partial charge in [-0.25, -0.2) is 9.82 Å². The van der Waals surface area contributed by atoms with Crippen molar-refractivity contribution in [3.63, 3.8) is 0 Å². The molecule has 0 aliphatic heterocycles. The first-order chi connectivity index (χ1) is 9.28. The van der Waals surface area contributed by atoms with Crippen LogP contribution in [-0.2, 0) is 0 Å². The van der Waals surface area contributed by atoms with Gasteiger partial charge in [-0.3, -0.25) is 5.84 Å². The Morgan fingerprint density at radius 3 is 2.47 bits per heavy atom. The van der Waals surface area contributed by atoms with Crippen molar-refractivity contribution in [2.75, 3.05) is 0 Å². The molecule has 1 heterocycles. The van der Waals surface area contributed by atoms with Crippen LogP contribution in [0.4, 0.5) is 4.39 Å². The Hall–Kier alpha value is -2.17. The van der Waals surface area contributed by atoms with E-state index in [1.54, 1.807) is 12.1 Å². The normalized spacial score (nSPS) is 12.7. The van der Waals surface area contributed by atoms with E-state index < -0.39 is 0 Å². The summed E-state index contributed by atoms with van der Waals surface area (Å²) >= 11 is 0. The highest BCUT2D eigenvalue weighted by molar-refractivity contribution is 5.77. The van der Waals surface area contributed by atoms with E-state index in [-0.39, 0.29) is 11.9 Å². The molecular formula is C15H13FN2O. The first-order valence-corrected chi connectivity index (χ1v) is 5.98. The van der Waals surface area contributed by atoms with Gasteiger partial charge < -0.3 is 4.42 Å². The van der Waals surface area contributed by atoms with Crippen LogP contribution in [0.5, 0.6) is 0 Å². The lowest BCUT2D eigenvalue weighted by atomic mass is 10.0. The quantitative estimate of drug-likeness (QED) is 0.559. The summed E-state index contributed by atoms with van der Waals surface area (Å²) in [6, 6.07) is 15.6. The van der Waals surface area contributed by atoms with Crippen molar-refractivity contribution in [3.8, 4) is 0 Å². The van der Waals surface area contributed by atoms with Gasteiger partial charge in [0, 0.05) is 5.39 Å². The molecule has 0 saturated heterocycles. The van der Waals surface area contributed by atoms with Crippen LogP contribution < -0.4 is 11.3 Å². The maximum atomic E-state index is 12.9. The maximum absolute atomic E-state index is 12.9. The fourth-order valence-electron chi connectivity index (χ4n) is 2.14. The number of hydrogen-bond acceptors (Lipinski definition) is 3. The topological polar surface area (TPSA) is 51.2 Å². The van der Waals surface area contributed by atoms with E-state index in [4.69, 9.17) is 10.3 Å². The van der Waals surface area contributed by atoms with Crippen molar-refractivity contribution in [1.82, 2.24) is 5.43 Å². The van der Waals surface area contributed by atoms with Gasteiger partial charge in [-0.1, -0.05) is 30.3 Å². The second-order valence-electron chi connectivity index (χ2n) is 4.34. The van der Waals surface area contributed by atoms with Crippen molar-refractivity contribution in [3.05, 3.63) is 71.7 Å². The Labute approximate surface area is 109 Å². The molecule has 1 aromatic heterocycles. The number of nitrogens with two attached hydrogens (primary N) is 1. The smallest absolute Gasteiger partial charge is 0.134 e. The number of rotatable bonds is 3. The highest BCUT2D eigenvalue weighted by atomic mass is 19.1. The molecule has 0 unspecified atom stereocenters. The van der Waals surface area contributed by atoms with Crippen LogP contribution in [-0.4, -0.2) is 0 Å². The van der Waals surface area contributed by atoms with Crippen molar-refractivity contribution < 1.29 is 8.81 Å². The van der Waals surface area contributed by atoms with Gasteiger partial charge >= 0.3 is 0 Å². The molecule has 0 amide bonds. The third-order valence-electron chi connectivity index (χ3n) is 3.10. The summed E-state index contributed by atoms with van der Waals surface area (Å²) in [5.74, 6) is 6.02. The lowest BCUT2D eigenvalue weighted by molar-refractivity contribution is 0.476. The van der Waals surface area contributed by atoms with Crippen LogP contribution in [0.1, 0.15) is 17.4 Å². The van der Waals surface area contributed by atoms with Gasteiger partial charge in [-0.05, 0) is 29.8 Å². The van der Waals surface area contributed by atoms with Crippen molar-refractivity contribution in [2.24, 2.45) is 5.84 Å². The maximum Gasteiger partial charge on any atom is 0.134 e. The zero-order valence-electron chi connectivity index (χ0n) is 10.1. The Bertz CT molecular complexity index is 658. The zero-order valence-corrected chi connectivity index (χ0v) is 10.1. The molecule has 19 heavy (non-hydrogen) atoms. The summed E-state index contributed by atoms with van der Waals surface area (Å²) in [7, 11) is 0. The number of hydrazine groups is 1. The first kappa shape index (κ1) is 11.9. The van der Waals surface area contributed by atoms with E-state index in [1.807, 2.05) is 30.3 Å². The van der Waals surface area contributed by atoms with Gasteiger partial charge in [0.15, 0.2) is 0 Å². The summed E-state index contributed by atoms with van der Waals surface area (Å²) in [5.41, 5.74) is 4.35. The highest BCUT2D eigenvalue weighted by Gasteiger charge is 2.17. The number of fused-ring (bicyclic) bond motifs is 1. The number of nitrogens with one attached hydrogen (secondary N) is 1. The number of halogens is 1. The number of benzene rings is 2. The Kier molecular flexibility index (Phi) is 3.03. The Balaban J connectivity index is 2.04. The summed E-state index contributed by atoms with van der Waals surface area (Å²) in [6.45, 7) is 0. The fraction of sp³-hybridized carbons (Fsp3) is 0.0667. The summed E-state index contributed by atoms with van der Waals surface area (Å²) < 4.78 is 18.7. The standard InChI is InChI=1S/C15H13FN2O/c16-12-7-5-10(6-8-12)15(18-17)14-9-11-3-1-2-4-13(11)19-14/h1-9,15,18H,17H2/t15-/m1/s1. The first-order valence-electron chi connectivity index (χ1n) is 5.98. The van der Waals surface area contributed by atoms with Crippen LogP contribution >= 0.6 is 0 Å². The molecule has 96 valence electrons. The van der Waals surface area contributed by atoms with Gasteiger partial charge in [0.05, 0.1) is 0 Å². The molecule has 0 spiro atoms. The molecular weight excluding hydrogens is 243 g/mol. The van der Waals surface area contributed by atoms with Crippen LogP contribution in [0.25, 0.3) is 11.0 Å². The molecule has 0 radical (unpaired) electrons. The predicted octanol–water partition coefficient (Wildman–Crippen LogP) is 3.12. The second kappa shape index (κ2) is 4.84. The van der Waals surface area contributed by atoms with E-state index in [2.05, 4.69) is 5.43 Å². The Morgan fingerprint density at radius 1 is 1.05 bits per heavy atom. The molecule has 1 atom stereocenters. The fourth-order valence-corrected chi connectivity index (χ4v) is 2.14. The number of hydrogen-bond donors (Lipinski definition) is 2. The minimum Gasteiger partial charge on any atom is -0.459 e. The monoisotopic (exact) mass is 256 g/mol. The minimum absolute atomic E-state index is 0.274. The average Bonchev–Trinajstić information content (AvgIpc) is 2.85. The molecule has 4 heteroatoms. The minimum atomic E-state index is -0.298. The highest BCUT2D eigenvalue weighted by Crippen LogP contribution is 2.27. The van der Waals surface area contributed by atoms with Crippen LogP contribution in [0.2, 0.25) is 0 Å². The van der Waals surface area contributed by atoms with Gasteiger partial charge in [0.25, 0.3) is 0 Å². The third-order valence-corrected chi connectivity index (χ3v) is 3.10. The molecule has 0 saturated carbocycles. The molecule has 0 aliphatic rings. The molecule has 0 fully saturated rings. The van der Waals surface area contributed by atoms with Gasteiger partial charge in [0.2, 0.25) is 0 Å². The van der Waals surface area contributed by atoms with Crippen LogP contribution in [0.15, 0.2) is 59.0 Å². The van der Waals surface area contributed by atoms with Crippen LogP contribution in [0, 0.1) is 5.82 Å². The molecule has 3 N–H and O–H groups in total. The lowest BCUT2D eigenvalue weighted by Crippen LogP contribution is -2.28. The van der Waals surface area contributed by atoms with Crippen molar-refractivity contribution in [1.29, 1.82) is 0 Å². The van der Waals surface area contributed by atoms with Crippen molar-refractivity contribution in [2.45, 2.75) is 6.04 Å². The van der Waals surface area contributed by atoms with E-state index in [0.29, 0.717) is 5.76 Å². The van der Waals surface area contributed by atoms with E-state index in [1.165, 1.54) is 12.1 Å². The van der Waals surface area contributed by atoms with Crippen molar-refractivity contribution >= 4 is 11.0 Å². The Morgan fingerprint density at radius 2 is 1.79 bits per heavy atom.